The Morgan fingerprint density at radius 1 is 1.07 bits per heavy atom. The minimum atomic E-state index is -3.90. The fourth-order valence-electron chi connectivity index (χ4n) is 0.857. The molecule has 0 saturated carbocycles. The van der Waals surface area contributed by atoms with Gasteiger partial charge in [-0.1, -0.05) is 0 Å². The molecule has 6 nitrogen and oxygen atoms in total. The molecule has 15 heavy (non-hydrogen) atoms. The van der Waals surface area contributed by atoms with Crippen LogP contribution in [0.4, 0.5) is 0 Å². The average molecular weight is 276 g/mol. The molecule has 0 rings (SSSR count). The Morgan fingerprint density at radius 2 is 1.60 bits per heavy atom. The largest absolute Gasteiger partial charge is 0.492 e. The lowest BCUT2D eigenvalue weighted by molar-refractivity contribution is 0.227. The third-order valence-electron chi connectivity index (χ3n) is 1.49. The molecular weight excluding hydrogens is 260 g/mol. The lowest BCUT2D eigenvalue weighted by Gasteiger charge is -2.08. The Kier molecular flexibility index (Phi) is 7.00. The first-order valence-corrected chi connectivity index (χ1v) is 9.22. The van der Waals surface area contributed by atoms with E-state index in [9.17, 15) is 8.42 Å². The molecule has 4 N–H and O–H groups in total. The third-order valence-corrected chi connectivity index (χ3v) is 4.48. The zero-order valence-corrected chi connectivity index (χ0v) is 10.8. The van der Waals surface area contributed by atoms with Crippen LogP contribution in [0.3, 0.4) is 0 Å². The molecular formula is C6H16O6S2Si. The van der Waals surface area contributed by atoms with Crippen LogP contribution in [0.25, 0.3) is 0 Å². The molecule has 0 aliphatic rings. The van der Waals surface area contributed by atoms with Gasteiger partial charge in [0, 0.05) is 6.04 Å². The van der Waals surface area contributed by atoms with Crippen LogP contribution in [0.1, 0.15) is 12.8 Å². The first kappa shape index (κ1) is 15.4. The number of rotatable bonds is 8. The van der Waals surface area contributed by atoms with Crippen LogP contribution >= 0.6 is 11.8 Å². The maximum absolute atomic E-state index is 10.3. The van der Waals surface area contributed by atoms with Crippen molar-refractivity contribution in [1.29, 1.82) is 0 Å². The molecule has 0 unspecified atom stereocenters. The summed E-state index contributed by atoms with van der Waals surface area (Å²) >= 11 is 1.45. The normalized spacial score (nSPS) is 13.1. The molecule has 0 amide bonds. The molecule has 0 bridgehead atoms. The fraction of sp³-hybridized carbons (Fsp3) is 1.00. The van der Waals surface area contributed by atoms with E-state index in [-0.39, 0.29) is 11.8 Å². The molecule has 0 heterocycles. The SMILES string of the molecule is O=S(=O)(O)CCCSCCC[Si](O)(O)O. The predicted molar refractivity (Wildman–Crippen MR) is 60.2 cm³/mol. The Hall–Kier alpha value is 0.357. The zero-order valence-electron chi connectivity index (χ0n) is 8.16. The summed E-state index contributed by atoms with van der Waals surface area (Å²) in [6.07, 6.45) is 0.843. The minimum absolute atomic E-state index is 0.00169. The highest BCUT2D eigenvalue weighted by Gasteiger charge is 2.25. The van der Waals surface area contributed by atoms with Gasteiger partial charge in [0.15, 0.2) is 0 Å². The molecule has 0 radical (unpaired) electrons. The van der Waals surface area contributed by atoms with Crippen LogP contribution < -0.4 is 0 Å². The summed E-state index contributed by atoms with van der Waals surface area (Å²) in [5, 5.41) is 0. The summed E-state index contributed by atoms with van der Waals surface area (Å²) in [6, 6.07) is -0.00169. The second-order valence-corrected chi connectivity index (χ2v) is 7.98. The highest BCUT2D eigenvalue weighted by molar-refractivity contribution is 7.99. The van der Waals surface area contributed by atoms with Gasteiger partial charge in [0.25, 0.3) is 10.1 Å². The Bertz CT molecular complexity index is 259. The molecule has 0 fully saturated rings. The van der Waals surface area contributed by atoms with Gasteiger partial charge >= 0.3 is 8.80 Å². The van der Waals surface area contributed by atoms with E-state index in [1.807, 2.05) is 0 Å². The molecule has 0 aromatic rings. The predicted octanol–water partition coefficient (Wildman–Crippen LogP) is -0.697. The first-order chi connectivity index (χ1) is 6.71. The van der Waals surface area contributed by atoms with E-state index >= 15 is 0 Å². The Morgan fingerprint density at radius 3 is 2.07 bits per heavy atom. The summed E-state index contributed by atoms with van der Waals surface area (Å²) in [4.78, 5) is 26.0. The van der Waals surface area contributed by atoms with Crippen molar-refractivity contribution in [3.8, 4) is 0 Å². The van der Waals surface area contributed by atoms with Crippen molar-refractivity contribution >= 4 is 30.7 Å². The topological polar surface area (TPSA) is 115 Å². The average Bonchev–Trinajstić information content (AvgIpc) is 1.98. The van der Waals surface area contributed by atoms with E-state index in [0.29, 0.717) is 24.3 Å². The Balaban J connectivity index is 3.27. The number of hydrogen-bond acceptors (Lipinski definition) is 6. The first-order valence-electron chi connectivity index (χ1n) is 4.41. The van der Waals surface area contributed by atoms with E-state index in [2.05, 4.69) is 0 Å². The molecule has 0 spiro atoms. The van der Waals surface area contributed by atoms with Gasteiger partial charge in [-0.3, -0.25) is 4.55 Å². The van der Waals surface area contributed by atoms with Crippen molar-refractivity contribution < 1.29 is 27.4 Å². The van der Waals surface area contributed by atoms with Crippen LogP contribution in [-0.2, 0) is 10.1 Å². The zero-order chi connectivity index (χ0) is 11.9. The summed E-state index contributed by atoms with van der Waals surface area (Å²) in [7, 11) is -7.77. The van der Waals surface area contributed by atoms with Gasteiger partial charge in [-0.2, -0.15) is 20.2 Å². The summed E-state index contributed by atoms with van der Waals surface area (Å²) in [5.74, 6) is 0.956. The monoisotopic (exact) mass is 276 g/mol. The van der Waals surface area contributed by atoms with Gasteiger partial charge in [0.1, 0.15) is 0 Å². The van der Waals surface area contributed by atoms with Crippen molar-refractivity contribution in [1.82, 2.24) is 0 Å². The van der Waals surface area contributed by atoms with Crippen molar-refractivity contribution in [2.24, 2.45) is 0 Å². The van der Waals surface area contributed by atoms with Gasteiger partial charge in [-0.25, -0.2) is 0 Å². The smallest absolute Gasteiger partial charge is 0.390 e. The lowest BCUT2D eigenvalue weighted by Crippen LogP contribution is -2.34. The highest BCUT2D eigenvalue weighted by Crippen LogP contribution is 2.10. The number of hydrogen-bond donors (Lipinski definition) is 4. The van der Waals surface area contributed by atoms with Gasteiger partial charge < -0.3 is 14.4 Å². The van der Waals surface area contributed by atoms with E-state index < -0.39 is 18.9 Å². The second-order valence-electron chi connectivity index (χ2n) is 3.13. The van der Waals surface area contributed by atoms with Crippen LogP contribution in [0.5, 0.6) is 0 Å². The molecule has 92 valence electrons. The standard InChI is InChI=1S/C6H16O6S2Si/c7-14(8,9)5-1-3-13-4-2-6-15(10,11)12/h10-12H,1-6H2,(H,7,8,9). The van der Waals surface area contributed by atoms with E-state index in [1.54, 1.807) is 0 Å². The van der Waals surface area contributed by atoms with Crippen molar-refractivity contribution in [3.05, 3.63) is 0 Å². The molecule has 0 aliphatic carbocycles. The van der Waals surface area contributed by atoms with Crippen LogP contribution in [0.15, 0.2) is 0 Å². The molecule has 0 saturated heterocycles. The van der Waals surface area contributed by atoms with E-state index in [0.717, 1.165) is 0 Å². The minimum Gasteiger partial charge on any atom is -0.390 e. The lowest BCUT2D eigenvalue weighted by atomic mass is 10.6. The van der Waals surface area contributed by atoms with Gasteiger partial charge in [0.2, 0.25) is 0 Å². The third kappa shape index (κ3) is 14.4. The number of thioether (sulfide) groups is 1. The molecule has 0 aliphatic heterocycles. The molecule has 0 atom stereocenters. The van der Waals surface area contributed by atoms with Crippen LogP contribution in [-0.4, -0.2) is 53.4 Å². The molecule has 0 aromatic carbocycles. The maximum Gasteiger partial charge on any atom is 0.492 e. The Labute approximate surface area is 94.4 Å². The van der Waals surface area contributed by atoms with Crippen molar-refractivity contribution in [3.63, 3.8) is 0 Å². The van der Waals surface area contributed by atoms with Gasteiger partial charge in [0.05, 0.1) is 5.75 Å². The maximum atomic E-state index is 10.3. The summed E-state index contributed by atoms with van der Waals surface area (Å²) in [5.41, 5.74) is 0. The van der Waals surface area contributed by atoms with E-state index in [4.69, 9.17) is 18.9 Å². The summed E-state index contributed by atoms with van der Waals surface area (Å²) < 4.78 is 29.0. The second kappa shape index (κ2) is 6.84. The van der Waals surface area contributed by atoms with Crippen molar-refractivity contribution in [2.75, 3.05) is 17.3 Å². The molecule has 9 heteroatoms. The van der Waals surface area contributed by atoms with Crippen molar-refractivity contribution in [2.45, 2.75) is 18.9 Å². The van der Waals surface area contributed by atoms with Crippen LogP contribution in [0.2, 0.25) is 6.04 Å². The van der Waals surface area contributed by atoms with Gasteiger partial charge in [-0.05, 0) is 24.3 Å². The quantitative estimate of drug-likeness (QED) is 0.263. The van der Waals surface area contributed by atoms with Crippen LogP contribution in [0, 0.1) is 0 Å². The fourth-order valence-corrected chi connectivity index (χ4v) is 3.36. The van der Waals surface area contributed by atoms with E-state index in [1.165, 1.54) is 11.8 Å². The highest BCUT2D eigenvalue weighted by atomic mass is 32.2. The summed E-state index contributed by atoms with van der Waals surface area (Å²) in [6.45, 7) is 0. The molecule has 0 aromatic heterocycles. The van der Waals surface area contributed by atoms with Gasteiger partial charge in [-0.15, -0.1) is 0 Å².